The molecule has 0 unspecified atom stereocenters. The number of likely N-dealkylation sites (N-methyl/N-ethyl adjacent to an activating group) is 1. The average Bonchev–Trinajstić information content (AvgIpc) is 2.78. The van der Waals surface area contributed by atoms with E-state index < -0.39 is 5.97 Å². The van der Waals surface area contributed by atoms with E-state index in [2.05, 4.69) is 10.3 Å². The third-order valence-corrected chi connectivity index (χ3v) is 4.96. The van der Waals surface area contributed by atoms with Gasteiger partial charge in [-0.3, -0.25) is 4.79 Å². The Labute approximate surface area is 186 Å². The minimum absolute atomic E-state index is 0.0620. The van der Waals surface area contributed by atoms with Gasteiger partial charge >= 0.3 is 5.97 Å². The lowest BCUT2D eigenvalue weighted by Crippen LogP contribution is -2.31. The standard InChI is InChI=1S/C24H26N4O4/c1-28(2)10-9-26-23(29)17-6-4-5-15(11-17)18-12-20(22(25)27-14-18)16-7-8-19(24(30)31)21(13-16)32-3/h4-8,11-14H,9-10H2,1-3H3,(H2,25,27)(H,26,29)(H,30,31). The molecule has 0 fully saturated rings. The molecule has 1 heterocycles. The second-order valence-electron chi connectivity index (χ2n) is 7.52. The molecule has 0 radical (unpaired) electrons. The van der Waals surface area contributed by atoms with Crippen molar-refractivity contribution in [2.24, 2.45) is 0 Å². The number of nitrogens with one attached hydrogen (secondary N) is 1. The quantitative estimate of drug-likeness (QED) is 0.499. The highest BCUT2D eigenvalue weighted by Crippen LogP contribution is 2.33. The predicted octanol–water partition coefficient (Wildman–Crippen LogP) is 3.00. The van der Waals surface area contributed by atoms with Crippen molar-refractivity contribution in [1.82, 2.24) is 15.2 Å². The number of carbonyl (C=O) groups is 2. The van der Waals surface area contributed by atoms with Crippen molar-refractivity contribution >= 4 is 17.7 Å². The van der Waals surface area contributed by atoms with Crippen LogP contribution in [0.2, 0.25) is 0 Å². The molecule has 0 spiro atoms. The molecule has 32 heavy (non-hydrogen) atoms. The number of hydrogen-bond donors (Lipinski definition) is 3. The number of hydrogen-bond acceptors (Lipinski definition) is 6. The summed E-state index contributed by atoms with van der Waals surface area (Å²) >= 11 is 0. The van der Waals surface area contributed by atoms with Gasteiger partial charge in [-0.25, -0.2) is 9.78 Å². The number of rotatable bonds is 8. The summed E-state index contributed by atoms with van der Waals surface area (Å²) < 4.78 is 5.22. The largest absolute Gasteiger partial charge is 0.496 e. The second-order valence-corrected chi connectivity index (χ2v) is 7.52. The van der Waals surface area contributed by atoms with Gasteiger partial charge in [0.05, 0.1) is 7.11 Å². The lowest BCUT2D eigenvalue weighted by atomic mass is 9.98. The monoisotopic (exact) mass is 434 g/mol. The van der Waals surface area contributed by atoms with Crippen LogP contribution < -0.4 is 15.8 Å². The van der Waals surface area contributed by atoms with E-state index in [4.69, 9.17) is 10.5 Å². The molecule has 1 amide bonds. The fourth-order valence-electron chi connectivity index (χ4n) is 3.23. The lowest BCUT2D eigenvalue weighted by molar-refractivity contribution is 0.0693. The highest BCUT2D eigenvalue weighted by atomic mass is 16.5. The number of aromatic carboxylic acids is 1. The molecule has 0 saturated heterocycles. The lowest BCUT2D eigenvalue weighted by Gasteiger charge is -2.12. The van der Waals surface area contributed by atoms with Crippen molar-refractivity contribution in [1.29, 1.82) is 0 Å². The number of ether oxygens (including phenoxy) is 1. The Balaban J connectivity index is 1.93. The first-order valence-electron chi connectivity index (χ1n) is 10.0. The van der Waals surface area contributed by atoms with Crippen LogP contribution in [-0.4, -0.2) is 61.2 Å². The Hall–Kier alpha value is -3.91. The smallest absolute Gasteiger partial charge is 0.339 e. The number of nitrogens with two attached hydrogens (primary N) is 1. The number of benzene rings is 2. The number of carbonyl (C=O) groups excluding carboxylic acids is 1. The first-order chi connectivity index (χ1) is 15.3. The predicted molar refractivity (Wildman–Crippen MR) is 124 cm³/mol. The SMILES string of the molecule is COc1cc(-c2cc(-c3cccc(C(=O)NCCN(C)C)c3)cnc2N)ccc1C(=O)O. The molecule has 2 aromatic carbocycles. The summed E-state index contributed by atoms with van der Waals surface area (Å²) in [6.45, 7) is 1.30. The van der Waals surface area contributed by atoms with E-state index >= 15 is 0 Å². The summed E-state index contributed by atoms with van der Waals surface area (Å²) in [5.41, 5.74) is 9.62. The minimum atomic E-state index is -1.08. The van der Waals surface area contributed by atoms with E-state index in [-0.39, 0.29) is 17.2 Å². The molecule has 0 aliphatic rings. The highest BCUT2D eigenvalue weighted by Gasteiger charge is 2.15. The van der Waals surface area contributed by atoms with Gasteiger partial charge in [0, 0.05) is 36.0 Å². The van der Waals surface area contributed by atoms with Crippen LogP contribution in [0, 0.1) is 0 Å². The zero-order valence-corrected chi connectivity index (χ0v) is 18.3. The van der Waals surface area contributed by atoms with Crippen LogP contribution in [0.15, 0.2) is 54.7 Å². The maximum absolute atomic E-state index is 12.5. The molecule has 8 nitrogen and oxygen atoms in total. The molecule has 0 saturated carbocycles. The topological polar surface area (TPSA) is 118 Å². The highest BCUT2D eigenvalue weighted by molar-refractivity contribution is 5.96. The Kier molecular flexibility index (Phi) is 7.07. The maximum Gasteiger partial charge on any atom is 0.339 e. The summed E-state index contributed by atoms with van der Waals surface area (Å²) in [7, 11) is 5.31. The number of amides is 1. The van der Waals surface area contributed by atoms with Gasteiger partial charge in [-0.1, -0.05) is 18.2 Å². The normalized spacial score (nSPS) is 10.8. The van der Waals surface area contributed by atoms with Crippen molar-refractivity contribution in [3.63, 3.8) is 0 Å². The van der Waals surface area contributed by atoms with Gasteiger partial charge in [-0.2, -0.15) is 0 Å². The molecule has 8 heteroatoms. The molecule has 166 valence electrons. The van der Waals surface area contributed by atoms with Gasteiger partial charge in [0.25, 0.3) is 5.91 Å². The van der Waals surface area contributed by atoms with Gasteiger partial charge in [0.1, 0.15) is 17.1 Å². The maximum atomic E-state index is 12.5. The molecule has 0 bridgehead atoms. The zero-order valence-electron chi connectivity index (χ0n) is 18.3. The van der Waals surface area contributed by atoms with Crippen LogP contribution in [0.4, 0.5) is 5.82 Å². The minimum Gasteiger partial charge on any atom is -0.496 e. The van der Waals surface area contributed by atoms with Crippen molar-refractivity contribution in [3.8, 4) is 28.0 Å². The van der Waals surface area contributed by atoms with Crippen molar-refractivity contribution in [3.05, 3.63) is 65.9 Å². The molecular weight excluding hydrogens is 408 g/mol. The summed E-state index contributed by atoms with van der Waals surface area (Å²) in [6.07, 6.45) is 1.64. The number of pyridine rings is 1. The summed E-state index contributed by atoms with van der Waals surface area (Å²) in [5.74, 6) is -0.687. The molecule has 1 aromatic heterocycles. The number of methoxy groups -OCH3 is 1. The van der Waals surface area contributed by atoms with Gasteiger partial charge in [-0.05, 0) is 55.6 Å². The fourth-order valence-corrected chi connectivity index (χ4v) is 3.23. The van der Waals surface area contributed by atoms with Gasteiger partial charge in [-0.15, -0.1) is 0 Å². The first kappa shape index (κ1) is 22.8. The Bertz CT molecular complexity index is 1140. The van der Waals surface area contributed by atoms with Crippen LogP contribution in [0.1, 0.15) is 20.7 Å². The van der Waals surface area contributed by atoms with E-state index in [0.717, 1.165) is 17.7 Å². The number of carboxylic acid groups (broad SMARTS) is 1. The molecule has 0 aliphatic heterocycles. The van der Waals surface area contributed by atoms with E-state index in [1.807, 2.05) is 37.2 Å². The van der Waals surface area contributed by atoms with Crippen LogP contribution in [-0.2, 0) is 0 Å². The number of nitrogens with zero attached hydrogens (tertiary/aromatic N) is 2. The number of nitrogen functional groups attached to an aromatic ring is 1. The molecular formula is C24H26N4O4. The Morgan fingerprint density at radius 2 is 1.88 bits per heavy atom. The third kappa shape index (κ3) is 5.22. The van der Waals surface area contributed by atoms with Gasteiger partial charge in [0.15, 0.2) is 0 Å². The van der Waals surface area contributed by atoms with E-state index in [1.165, 1.54) is 13.2 Å². The van der Waals surface area contributed by atoms with Crippen LogP contribution in [0.5, 0.6) is 5.75 Å². The van der Waals surface area contributed by atoms with Crippen LogP contribution >= 0.6 is 0 Å². The Morgan fingerprint density at radius 3 is 2.56 bits per heavy atom. The molecule has 0 atom stereocenters. The number of aromatic nitrogens is 1. The third-order valence-electron chi connectivity index (χ3n) is 4.96. The zero-order chi connectivity index (χ0) is 23.3. The summed E-state index contributed by atoms with van der Waals surface area (Å²) in [4.78, 5) is 30.2. The molecule has 4 N–H and O–H groups in total. The number of carboxylic acids is 1. The van der Waals surface area contributed by atoms with Crippen molar-refractivity contribution in [2.75, 3.05) is 40.0 Å². The van der Waals surface area contributed by atoms with E-state index in [9.17, 15) is 14.7 Å². The van der Waals surface area contributed by atoms with Gasteiger partial charge in [0.2, 0.25) is 0 Å². The molecule has 0 aliphatic carbocycles. The average molecular weight is 434 g/mol. The summed E-state index contributed by atoms with van der Waals surface area (Å²) in [5, 5.41) is 12.2. The van der Waals surface area contributed by atoms with E-state index in [1.54, 1.807) is 30.5 Å². The van der Waals surface area contributed by atoms with Gasteiger partial charge < -0.3 is 25.8 Å². The Morgan fingerprint density at radius 1 is 1.09 bits per heavy atom. The van der Waals surface area contributed by atoms with Crippen LogP contribution in [0.25, 0.3) is 22.3 Å². The second kappa shape index (κ2) is 9.93. The van der Waals surface area contributed by atoms with Crippen LogP contribution in [0.3, 0.4) is 0 Å². The molecule has 3 aromatic rings. The summed E-state index contributed by atoms with van der Waals surface area (Å²) in [6, 6.07) is 13.9. The fraction of sp³-hybridized carbons (Fsp3) is 0.208. The van der Waals surface area contributed by atoms with Crippen molar-refractivity contribution in [2.45, 2.75) is 0 Å². The van der Waals surface area contributed by atoms with E-state index in [0.29, 0.717) is 29.1 Å². The first-order valence-corrected chi connectivity index (χ1v) is 10.0. The van der Waals surface area contributed by atoms with Crippen molar-refractivity contribution < 1.29 is 19.4 Å². The molecule has 3 rings (SSSR count). The number of anilines is 1.